The van der Waals surface area contributed by atoms with Crippen LogP contribution in [0.1, 0.15) is 13.8 Å². The molecule has 1 amide bonds. The maximum absolute atomic E-state index is 10.7. The van der Waals surface area contributed by atoms with Crippen molar-refractivity contribution in [1.29, 1.82) is 0 Å². The fraction of sp³-hybridized carbons (Fsp3) is 0.667. The molecule has 0 aliphatic rings. The van der Waals surface area contributed by atoms with E-state index in [1.54, 1.807) is 0 Å². The lowest BCUT2D eigenvalue weighted by molar-refractivity contribution is -0.120. The van der Waals surface area contributed by atoms with E-state index in [-0.39, 0.29) is 11.9 Å². The third kappa shape index (κ3) is 3.44. The first-order valence-corrected chi connectivity index (χ1v) is 3.33. The highest BCUT2D eigenvalue weighted by Crippen LogP contribution is 2.04. The Morgan fingerprint density at radius 1 is 1.27 bits per heavy atom. The maximum atomic E-state index is 10.7. The van der Waals surface area contributed by atoms with Gasteiger partial charge in [0.15, 0.2) is 5.96 Å². The number of nitrogens with zero attached hydrogens (tertiary/aromatic N) is 1. The van der Waals surface area contributed by atoms with Gasteiger partial charge in [0.25, 0.3) is 0 Å². The molecule has 0 aromatic carbocycles. The van der Waals surface area contributed by atoms with Crippen LogP contribution in [-0.4, -0.2) is 17.9 Å². The standard InChI is InChI=1S/C6H14N4O/c1-3(2)4(5(7)11)10-6(8)9/h3-4H,1-2H3,(H2,7,11)(H4,8,9,10). The molecule has 0 saturated carbocycles. The van der Waals surface area contributed by atoms with Gasteiger partial charge in [0.1, 0.15) is 6.04 Å². The van der Waals surface area contributed by atoms with Gasteiger partial charge in [-0.3, -0.25) is 4.79 Å². The Balaban J connectivity index is 4.36. The summed E-state index contributed by atoms with van der Waals surface area (Å²) in [7, 11) is 0. The number of carbonyl (C=O) groups excluding carboxylic acids is 1. The van der Waals surface area contributed by atoms with E-state index in [1.807, 2.05) is 13.8 Å². The lowest BCUT2D eigenvalue weighted by atomic mass is 10.1. The number of hydrogen-bond acceptors (Lipinski definition) is 2. The molecule has 0 spiro atoms. The Hall–Kier alpha value is -1.26. The maximum Gasteiger partial charge on any atom is 0.242 e. The van der Waals surface area contributed by atoms with Gasteiger partial charge < -0.3 is 17.2 Å². The second kappa shape index (κ2) is 3.80. The second-order valence-corrected chi connectivity index (χ2v) is 2.65. The Bertz CT molecular complexity index is 171. The molecule has 1 atom stereocenters. The SMILES string of the molecule is CC(C)C(N=C(N)N)C(N)=O. The number of hydrogen-bond donors (Lipinski definition) is 3. The highest BCUT2D eigenvalue weighted by Gasteiger charge is 2.17. The topological polar surface area (TPSA) is 107 Å². The molecular formula is C6H14N4O. The summed E-state index contributed by atoms with van der Waals surface area (Å²) in [5.41, 5.74) is 15.2. The van der Waals surface area contributed by atoms with Crippen molar-refractivity contribution in [3.8, 4) is 0 Å². The van der Waals surface area contributed by atoms with Gasteiger partial charge in [0.05, 0.1) is 0 Å². The van der Waals surface area contributed by atoms with Crippen molar-refractivity contribution < 1.29 is 4.79 Å². The highest BCUT2D eigenvalue weighted by molar-refractivity contribution is 5.85. The highest BCUT2D eigenvalue weighted by atomic mass is 16.1. The fourth-order valence-electron chi connectivity index (χ4n) is 0.702. The van der Waals surface area contributed by atoms with E-state index < -0.39 is 11.9 Å². The van der Waals surface area contributed by atoms with E-state index in [0.717, 1.165) is 0 Å². The number of carbonyl (C=O) groups is 1. The van der Waals surface area contributed by atoms with E-state index in [0.29, 0.717) is 0 Å². The van der Waals surface area contributed by atoms with Gasteiger partial charge in [-0.1, -0.05) is 13.8 Å². The van der Waals surface area contributed by atoms with E-state index in [4.69, 9.17) is 17.2 Å². The molecule has 0 radical (unpaired) electrons. The van der Waals surface area contributed by atoms with Crippen LogP contribution in [0.4, 0.5) is 0 Å². The molecular weight excluding hydrogens is 144 g/mol. The minimum atomic E-state index is -0.611. The zero-order chi connectivity index (χ0) is 9.02. The summed E-state index contributed by atoms with van der Waals surface area (Å²) in [6.07, 6.45) is 0. The van der Waals surface area contributed by atoms with Crippen molar-refractivity contribution in [2.45, 2.75) is 19.9 Å². The molecule has 0 aliphatic heterocycles. The molecule has 11 heavy (non-hydrogen) atoms. The number of guanidine groups is 1. The molecule has 0 heterocycles. The molecule has 0 fully saturated rings. The normalized spacial score (nSPS) is 12.6. The van der Waals surface area contributed by atoms with Crippen molar-refractivity contribution in [2.24, 2.45) is 28.1 Å². The van der Waals surface area contributed by atoms with Crippen LogP contribution in [0.15, 0.2) is 4.99 Å². The van der Waals surface area contributed by atoms with Crippen LogP contribution in [0.5, 0.6) is 0 Å². The molecule has 0 aromatic rings. The Morgan fingerprint density at radius 2 is 1.73 bits per heavy atom. The van der Waals surface area contributed by atoms with Crippen LogP contribution < -0.4 is 17.2 Å². The first-order chi connectivity index (χ1) is 4.95. The Labute approximate surface area is 65.6 Å². The summed E-state index contributed by atoms with van der Waals surface area (Å²) in [5, 5.41) is 0. The number of rotatable bonds is 3. The summed E-state index contributed by atoms with van der Waals surface area (Å²) in [6.45, 7) is 3.64. The van der Waals surface area contributed by atoms with Crippen LogP contribution in [0.3, 0.4) is 0 Å². The first kappa shape index (κ1) is 9.74. The van der Waals surface area contributed by atoms with E-state index in [9.17, 15) is 4.79 Å². The summed E-state index contributed by atoms with van der Waals surface area (Å²) in [5.74, 6) is -0.592. The summed E-state index contributed by atoms with van der Waals surface area (Å²) in [6, 6.07) is -0.611. The Morgan fingerprint density at radius 3 is 1.82 bits per heavy atom. The zero-order valence-corrected chi connectivity index (χ0v) is 6.74. The summed E-state index contributed by atoms with van der Waals surface area (Å²) < 4.78 is 0. The van der Waals surface area contributed by atoms with Gasteiger partial charge in [0, 0.05) is 0 Å². The fourth-order valence-corrected chi connectivity index (χ4v) is 0.702. The summed E-state index contributed by atoms with van der Waals surface area (Å²) in [4.78, 5) is 14.4. The van der Waals surface area contributed by atoms with E-state index >= 15 is 0 Å². The zero-order valence-electron chi connectivity index (χ0n) is 6.74. The predicted octanol–water partition coefficient (Wildman–Crippen LogP) is -1.23. The smallest absolute Gasteiger partial charge is 0.242 e. The lowest BCUT2D eigenvalue weighted by Gasteiger charge is -2.11. The lowest BCUT2D eigenvalue weighted by Crippen LogP contribution is -2.35. The van der Waals surface area contributed by atoms with Gasteiger partial charge in [-0.2, -0.15) is 0 Å². The van der Waals surface area contributed by atoms with Gasteiger partial charge in [0.2, 0.25) is 5.91 Å². The molecule has 0 aliphatic carbocycles. The van der Waals surface area contributed by atoms with Crippen LogP contribution in [0.2, 0.25) is 0 Å². The van der Waals surface area contributed by atoms with Crippen molar-refractivity contribution >= 4 is 11.9 Å². The molecule has 0 rings (SSSR count). The summed E-state index contributed by atoms with van der Waals surface area (Å²) >= 11 is 0. The molecule has 0 saturated heterocycles. The average molecular weight is 158 g/mol. The van der Waals surface area contributed by atoms with Gasteiger partial charge in [-0.25, -0.2) is 4.99 Å². The molecule has 0 aromatic heterocycles. The number of aliphatic imine (C=N–C) groups is 1. The molecule has 5 heteroatoms. The van der Waals surface area contributed by atoms with E-state index in [2.05, 4.69) is 4.99 Å². The molecule has 1 unspecified atom stereocenters. The number of amides is 1. The van der Waals surface area contributed by atoms with Gasteiger partial charge in [-0.15, -0.1) is 0 Å². The second-order valence-electron chi connectivity index (χ2n) is 2.65. The number of primary amides is 1. The van der Waals surface area contributed by atoms with Crippen molar-refractivity contribution in [2.75, 3.05) is 0 Å². The van der Waals surface area contributed by atoms with Crippen LogP contribution in [-0.2, 0) is 4.79 Å². The molecule has 6 N–H and O–H groups in total. The minimum Gasteiger partial charge on any atom is -0.370 e. The molecule has 64 valence electrons. The van der Waals surface area contributed by atoms with Crippen molar-refractivity contribution in [1.82, 2.24) is 0 Å². The number of nitrogens with two attached hydrogens (primary N) is 3. The van der Waals surface area contributed by atoms with Crippen LogP contribution >= 0.6 is 0 Å². The minimum absolute atomic E-state index is 0.0228. The predicted molar refractivity (Wildman–Crippen MR) is 43.6 cm³/mol. The van der Waals surface area contributed by atoms with Gasteiger partial charge >= 0.3 is 0 Å². The molecule has 0 bridgehead atoms. The van der Waals surface area contributed by atoms with Crippen LogP contribution in [0, 0.1) is 5.92 Å². The molecule has 5 nitrogen and oxygen atoms in total. The Kier molecular flexibility index (Phi) is 3.36. The third-order valence-corrected chi connectivity index (χ3v) is 1.21. The largest absolute Gasteiger partial charge is 0.370 e. The van der Waals surface area contributed by atoms with E-state index in [1.165, 1.54) is 0 Å². The average Bonchev–Trinajstić information content (AvgIpc) is 1.81. The van der Waals surface area contributed by atoms with Crippen LogP contribution in [0.25, 0.3) is 0 Å². The van der Waals surface area contributed by atoms with Gasteiger partial charge in [-0.05, 0) is 5.92 Å². The first-order valence-electron chi connectivity index (χ1n) is 3.33. The third-order valence-electron chi connectivity index (χ3n) is 1.21. The quantitative estimate of drug-likeness (QED) is 0.353. The monoisotopic (exact) mass is 158 g/mol. The van der Waals surface area contributed by atoms with Crippen molar-refractivity contribution in [3.63, 3.8) is 0 Å². The van der Waals surface area contributed by atoms with Crippen molar-refractivity contribution in [3.05, 3.63) is 0 Å².